The lowest BCUT2D eigenvalue weighted by Gasteiger charge is -2.33. The summed E-state index contributed by atoms with van der Waals surface area (Å²) in [4.78, 5) is 31.5. The van der Waals surface area contributed by atoms with Crippen LogP contribution in [0, 0.1) is 13.8 Å². The van der Waals surface area contributed by atoms with Crippen LogP contribution in [0.4, 0.5) is 0 Å². The highest BCUT2D eigenvalue weighted by molar-refractivity contribution is 5.95. The maximum Gasteiger partial charge on any atom is 0.272 e. The number of aromatic amines is 1. The molecular weight excluding hydrogens is 358 g/mol. The van der Waals surface area contributed by atoms with Gasteiger partial charge in [-0.2, -0.15) is 10.1 Å². The van der Waals surface area contributed by atoms with Crippen molar-refractivity contribution < 1.29 is 9.32 Å². The molecule has 28 heavy (non-hydrogen) atoms. The van der Waals surface area contributed by atoms with Crippen molar-refractivity contribution in [2.75, 3.05) is 6.54 Å². The smallest absolute Gasteiger partial charge is 0.272 e. The molecule has 0 unspecified atom stereocenters. The van der Waals surface area contributed by atoms with Crippen LogP contribution in [0.3, 0.4) is 0 Å². The fourth-order valence-electron chi connectivity index (χ4n) is 3.59. The first-order valence-electron chi connectivity index (χ1n) is 9.31. The summed E-state index contributed by atoms with van der Waals surface area (Å²) in [6.07, 6.45) is 2.72. The van der Waals surface area contributed by atoms with Gasteiger partial charge in [-0.05, 0) is 56.9 Å². The van der Waals surface area contributed by atoms with Gasteiger partial charge in [0.15, 0.2) is 5.82 Å². The van der Waals surface area contributed by atoms with E-state index in [0.717, 1.165) is 19.3 Å². The van der Waals surface area contributed by atoms with Crippen molar-refractivity contribution in [3.8, 4) is 11.1 Å². The molecular formula is C20H21N5O3. The van der Waals surface area contributed by atoms with Gasteiger partial charge in [-0.3, -0.25) is 9.59 Å². The van der Waals surface area contributed by atoms with Crippen LogP contribution in [-0.4, -0.2) is 37.7 Å². The first kappa shape index (κ1) is 18.1. The molecule has 1 fully saturated rings. The van der Waals surface area contributed by atoms with Gasteiger partial charge in [-0.15, -0.1) is 0 Å². The van der Waals surface area contributed by atoms with Crippen LogP contribution in [0.2, 0.25) is 0 Å². The monoisotopic (exact) mass is 379 g/mol. The van der Waals surface area contributed by atoms with Crippen molar-refractivity contribution in [1.82, 2.24) is 25.2 Å². The summed E-state index contributed by atoms with van der Waals surface area (Å²) in [5, 5.41) is 10.2. The number of hydrogen-bond acceptors (Lipinski definition) is 6. The standard InChI is InChI=1S/C20H21N5O3/c1-12-10-16(18(26)23-22-12)14-6-5-7-15(11-14)20(27)25-9-4-3-8-17(25)19-21-13(2)24-28-19/h5-7,10-11,17H,3-4,8-9H2,1-2H3,(H,23,26)/t17-/m1/s1. The van der Waals surface area contributed by atoms with E-state index < -0.39 is 0 Å². The van der Waals surface area contributed by atoms with Crippen LogP contribution < -0.4 is 5.56 Å². The number of carbonyl (C=O) groups excluding carboxylic acids is 1. The zero-order valence-electron chi connectivity index (χ0n) is 15.8. The number of piperidine rings is 1. The molecule has 2 aromatic heterocycles. The van der Waals surface area contributed by atoms with Gasteiger partial charge in [-0.25, -0.2) is 5.10 Å². The number of aryl methyl sites for hydroxylation is 2. The molecule has 0 bridgehead atoms. The summed E-state index contributed by atoms with van der Waals surface area (Å²) in [6.45, 7) is 4.20. The van der Waals surface area contributed by atoms with Crippen LogP contribution in [0.25, 0.3) is 11.1 Å². The van der Waals surface area contributed by atoms with Gasteiger partial charge >= 0.3 is 0 Å². The number of rotatable bonds is 3. The van der Waals surface area contributed by atoms with E-state index in [0.29, 0.717) is 40.6 Å². The van der Waals surface area contributed by atoms with Crippen molar-refractivity contribution in [1.29, 1.82) is 0 Å². The number of amides is 1. The van der Waals surface area contributed by atoms with Crippen LogP contribution in [-0.2, 0) is 0 Å². The highest BCUT2D eigenvalue weighted by Gasteiger charge is 2.32. The quantitative estimate of drug-likeness (QED) is 0.750. The molecule has 0 spiro atoms. The van der Waals surface area contributed by atoms with E-state index in [1.807, 2.05) is 6.07 Å². The van der Waals surface area contributed by atoms with Gasteiger partial charge in [0.05, 0.1) is 11.3 Å². The Balaban J connectivity index is 1.67. The van der Waals surface area contributed by atoms with Gasteiger partial charge in [-0.1, -0.05) is 17.3 Å². The van der Waals surface area contributed by atoms with Crippen LogP contribution >= 0.6 is 0 Å². The highest BCUT2D eigenvalue weighted by Crippen LogP contribution is 2.31. The number of hydrogen-bond donors (Lipinski definition) is 1. The van der Waals surface area contributed by atoms with E-state index in [-0.39, 0.29) is 17.5 Å². The molecule has 1 aliphatic rings. The molecule has 1 atom stereocenters. The number of nitrogens with one attached hydrogen (secondary N) is 1. The van der Waals surface area contributed by atoms with Crippen molar-refractivity contribution >= 4 is 5.91 Å². The summed E-state index contributed by atoms with van der Waals surface area (Å²) in [6, 6.07) is 8.60. The second-order valence-corrected chi connectivity index (χ2v) is 7.02. The van der Waals surface area contributed by atoms with Crippen LogP contribution in [0.1, 0.15) is 53.1 Å². The van der Waals surface area contributed by atoms with E-state index in [1.165, 1.54) is 0 Å². The summed E-state index contributed by atoms with van der Waals surface area (Å²) in [7, 11) is 0. The lowest BCUT2D eigenvalue weighted by Crippen LogP contribution is -2.38. The lowest BCUT2D eigenvalue weighted by molar-refractivity contribution is 0.0561. The minimum Gasteiger partial charge on any atom is -0.337 e. The Hall–Kier alpha value is -3.29. The normalized spacial score (nSPS) is 16.9. The topological polar surface area (TPSA) is 105 Å². The summed E-state index contributed by atoms with van der Waals surface area (Å²) < 4.78 is 5.33. The van der Waals surface area contributed by atoms with E-state index >= 15 is 0 Å². The molecule has 8 heteroatoms. The first-order chi connectivity index (χ1) is 13.5. The second-order valence-electron chi connectivity index (χ2n) is 7.02. The molecule has 144 valence electrons. The molecule has 1 aliphatic heterocycles. The SMILES string of the molecule is Cc1cc(-c2cccc(C(=O)N3CCCC[C@@H]3c3nc(C)no3)c2)c(=O)[nH]n1. The molecule has 0 aliphatic carbocycles. The number of nitrogens with zero attached hydrogens (tertiary/aromatic N) is 4. The third kappa shape index (κ3) is 3.45. The zero-order chi connectivity index (χ0) is 19.7. The lowest BCUT2D eigenvalue weighted by atomic mass is 9.99. The average Bonchev–Trinajstić information content (AvgIpc) is 3.15. The second kappa shape index (κ2) is 7.38. The molecule has 3 heterocycles. The van der Waals surface area contributed by atoms with Gasteiger partial charge in [0.25, 0.3) is 11.5 Å². The maximum absolute atomic E-state index is 13.3. The third-order valence-corrected chi connectivity index (χ3v) is 4.94. The van der Waals surface area contributed by atoms with E-state index in [2.05, 4.69) is 20.3 Å². The largest absolute Gasteiger partial charge is 0.337 e. The van der Waals surface area contributed by atoms with Crippen molar-refractivity contribution in [3.05, 3.63) is 63.7 Å². The third-order valence-electron chi connectivity index (χ3n) is 4.94. The molecule has 1 aromatic carbocycles. The van der Waals surface area contributed by atoms with Gasteiger partial charge in [0, 0.05) is 12.1 Å². The van der Waals surface area contributed by atoms with E-state index in [9.17, 15) is 9.59 Å². The Morgan fingerprint density at radius 2 is 2.11 bits per heavy atom. The Labute approximate surface area is 161 Å². The molecule has 0 saturated carbocycles. The van der Waals surface area contributed by atoms with Gasteiger partial charge in [0.1, 0.15) is 6.04 Å². The molecule has 1 saturated heterocycles. The fourth-order valence-corrected chi connectivity index (χ4v) is 3.59. The summed E-state index contributed by atoms with van der Waals surface area (Å²) in [5.41, 5.74) is 2.11. The number of benzene rings is 1. The van der Waals surface area contributed by atoms with Crippen LogP contribution in [0.5, 0.6) is 0 Å². The predicted molar refractivity (Wildman–Crippen MR) is 102 cm³/mol. The van der Waals surface area contributed by atoms with Crippen molar-refractivity contribution in [2.45, 2.75) is 39.2 Å². The van der Waals surface area contributed by atoms with Crippen LogP contribution in [0.15, 0.2) is 39.6 Å². The summed E-state index contributed by atoms with van der Waals surface area (Å²) in [5.74, 6) is 0.926. The molecule has 4 rings (SSSR count). The Kier molecular flexibility index (Phi) is 4.77. The first-order valence-corrected chi connectivity index (χ1v) is 9.31. The van der Waals surface area contributed by atoms with E-state index in [4.69, 9.17) is 4.52 Å². The fraction of sp³-hybridized carbons (Fsp3) is 0.350. The highest BCUT2D eigenvalue weighted by atomic mass is 16.5. The zero-order valence-corrected chi connectivity index (χ0v) is 15.8. The molecule has 3 aromatic rings. The summed E-state index contributed by atoms with van der Waals surface area (Å²) >= 11 is 0. The number of H-pyrrole nitrogens is 1. The molecule has 1 N–H and O–H groups in total. The number of aromatic nitrogens is 4. The number of likely N-dealkylation sites (tertiary alicyclic amines) is 1. The predicted octanol–water partition coefficient (Wildman–Crippen LogP) is 2.80. The van der Waals surface area contributed by atoms with E-state index in [1.54, 1.807) is 43.0 Å². The Bertz CT molecular complexity index is 1070. The average molecular weight is 379 g/mol. The van der Waals surface area contributed by atoms with Crippen molar-refractivity contribution in [3.63, 3.8) is 0 Å². The molecule has 0 radical (unpaired) electrons. The minimum absolute atomic E-state index is 0.107. The molecule has 1 amide bonds. The van der Waals surface area contributed by atoms with Gasteiger partial charge < -0.3 is 9.42 Å². The van der Waals surface area contributed by atoms with Crippen molar-refractivity contribution in [2.24, 2.45) is 0 Å². The Morgan fingerprint density at radius 1 is 1.25 bits per heavy atom. The number of carbonyl (C=O) groups is 1. The Morgan fingerprint density at radius 3 is 2.89 bits per heavy atom. The maximum atomic E-state index is 13.3. The minimum atomic E-state index is -0.285. The molecule has 8 nitrogen and oxygen atoms in total. The van der Waals surface area contributed by atoms with Gasteiger partial charge in [0.2, 0.25) is 5.89 Å².